The highest BCUT2D eigenvalue weighted by atomic mass is 35.5. The SMILES string of the molecule is CCCCCCCC[n+]1ccc(-c2cc[n+](C)cc2)cc1.[Cl-].[Cl-]. The number of aromatic nitrogens is 2. The topological polar surface area (TPSA) is 7.76 Å². The van der Waals surface area contributed by atoms with E-state index in [1.165, 1.54) is 49.7 Å². The summed E-state index contributed by atoms with van der Waals surface area (Å²) in [4.78, 5) is 0. The fourth-order valence-corrected chi connectivity index (χ4v) is 2.57. The van der Waals surface area contributed by atoms with Gasteiger partial charge in [0, 0.05) is 30.7 Å². The summed E-state index contributed by atoms with van der Waals surface area (Å²) in [5.41, 5.74) is 2.56. The lowest BCUT2D eigenvalue weighted by atomic mass is 10.1. The fourth-order valence-electron chi connectivity index (χ4n) is 2.57. The summed E-state index contributed by atoms with van der Waals surface area (Å²) in [5, 5.41) is 0. The molecule has 0 saturated carbocycles. The van der Waals surface area contributed by atoms with Crippen LogP contribution in [0.1, 0.15) is 45.4 Å². The van der Waals surface area contributed by atoms with Crippen LogP contribution in [0.25, 0.3) is 11.1 Å². The first-order valence-corrected chi connectivity index (χ1v) is 8.24. The van der Waals surface area contributed by atoms with Crippen molar-refractivity contribution in [1.29, 1.82) is 0 Å². The Morgan fingerprint density at radius 3 is 1.74 bits per heavy atom. The first-order valence-electron chi connectivity index (χ1n) is 8.24. The molecule has 2 nitrogen and oxygen atoms in total. The van der Waals surface area contributed by atoms with E-state index >= 15 is 0 Å². The minimum atomic E-state index is 0. The number of unbranched alkanes of at least 4 members (excludes halogenated alkanes) is 5. The van der Waals surface area contributed by atoms with E-state index in [1.807, 2.05) is 7.05 Å². The van der Waals surface area contributed by atoms with Crippen LogP contribution in [-0.2, 0) is 13.6 Å². The summed E-state index contributed by atoms with van der Waals surface area (Å²) < 4.78 is 4.36. The molecule has 0 aliphatic carbocycles. The molecule has 2 aromatic rings. The zero-order valence-corrected chi connectivity index (χ0v) is 15.7. The van der Waals surface area contributed by atoms with Crippen molar-refractivity contribution in [3.63, 3.8) is 0 Å². The number of rotatable bonds is 8. The molecule has 0 unspecified atom stereocenters. The van der Waals surface area contributed by atoms with Crippen LogP contribution in [0.15, 0.2) is 49.1 Å². The molecule has 2 aromatic heterocycles. The molecule has 0 aromatic carbocycles. The van der Waals surface area contributed by atoms with Gasteiger partial charge in [0.25, 0.3) is 0 Å². The summed E-state index contributed by atoms with van der Waals surface area (Å²) in [5.74, 6) is 0. The van der Waals surface area contributed by atoms with Crippen LogP contribution >= 0.6 is 0 Å². The maximum absolute atomic E-state index is 2.30. The van der Waals surface area contributed by atoms with Crippen molar-refractivity contribution in [3.8, 4) is 11.1 Å². The van der Waals surface area contributed by atoms with Crippen molar-refractivity contribution in [2.24, 2.45) is 7.05 Å². The minimum absolute atomic E-state index is 0. The molecule has 0 atom stereocenters. The van der Waals surface area contributed by atoms with Crippen molar-refractivity contribution in [1.82, 2.24) is 0 Å². The van der Waals surface area contributed by atoms with Gasteiger partial charge in [0.1, 0.15) is 13.6 Å². The van der Waals surface area contributed by atoms with Crippen LogP contribution in [0, 0.1) is 0 Å². The highest BCUT2D eigenvalue weighted by molar-refractivity contribution is 5.60. The summed E-state index contributed by atoms with van der Waals surface area (Å²) in [6, 6.07) is 8.75. The second-order valence-corrected chi connectivity index (χ2v) is 5.84. The van der Waals surface area contributed by atoms with Gasteiger partial charge in [-0.2, -0.15) is 0 Å². The first-order chi connectivity index (χ1) is 10.3. The summed E-state index contributed by atoms with van der Waals surface area (Å²) in [6.07, 6.45) is 16.7. The van der Waals surface area contributed by atoms with Crippen LogP contribution in [-0.4, -0.2) is 0 Å². The quantitative estimate of drug-likeness (QED) is 0.376. The Bertz CT molecular complexity index is 524. The van der Waals surface area contributed by atoms with Crippen molar-refractivity contribution in [2.75, 3.05) is 0 Å². The molecule has 4 heteroatoms. The maximum Gasteiger partial charge on any atom is 0.169 e. The average Bonchev–Trinajstić information content (AvgIpc) is 2.52. The standard InChI is InChI=1S/C19H28N2.2ClH/c1-3-4-5-6-7-8-13-21-16-11-19(12-17-21)18-9-14-20(2)15-10-18;;/h9-12,14-17H,3-8,13H2,1-2H3;2*1H/q+2;;/p-2. The minimum Gasteiger partial charge on any atom is -1.00 e. The molecule has 128 valence electrons. The van der Waals surface area contributed by atoms with E-state index in [2.05, 4.69) is 65.1 Å². The van der Waals surface area contributed by atoms with Crippen LogP contribution in [0.2, 0.25) is 0 Å². The molecule has 0 radical (unpaired) electrons. The Kier molecular flexibility index (Phi) is 11.7. The number of nitrogens with zero attached hydrogens (tertiary/aromatic N) is 2. The van der Waals surface area contributed by atoms with E-state index < -0.39 is 0 Å². The van der Waals surface area contributed by atoms with Gasteiger partial charge in [0.2, 0.25) is 0 Å². The number of hydrogen-bond donors (Lipinski definition) is 0. The summed E-state index contributed by atoms with van der Waals surface area (Å²) in [7, 11) is 2.04. The molecule has 0 amide bonds. The molecule has 0 spiro atoms. The van der Waals surface area contributed by atoms with Gasteiger partial charge >= 0.3 is 0 Å². The third-order valence-electron chi connectivity index (χ3n) is 3.97. The molecular weight excluding hydrogens is 327 g/mol. The Morgan fingerprint density at radius 1 is 0.696 bits per heavy atom. The molecule has 0 bridgehead atoms. The second kappa shape index (κ2) is 12.3. The first kappa shape index (κ1) is 21.9. The van der Waals surface area contributed by atoms with Crippen molar-refractivity contribution in [3.05, 3.63) is 49.1 Å². The lowest BCUT2D eigenvalue weighted by molar-refractivity contribution is -0.697. The molecule has 0 N–H and O–H groups in total. The molecule has 0 aliphatic rings. The van der Waals surface area contributed by atoms with Crippen molar-refractivity contribution < 1.29 is 33.9 Å². The molecule has 23 heavy (non-hydrogen) atoms. The number of hydrogen-bond acceptors (Lipinski definition) is 0. The van der Waals surface area contributed by atoms with Gasteiger partial charge in [-0.3, -0.25) is 0 Å². The smallest absolute Gasteiger partial charge is 0.169 e. The highest BCUT2D eigenvalue weighted by Gasteiger charge is 2.04. The van der Waals surface area contributed by atoms with Crippen molar-refractivity contribution >= 4 is 0 Å². The lowest BCUT2D eigenvalue weighted by Crippen LogP contribution is -3.00. The van der Waals surface area contributed by atoms with E-state index in [9.17, 15) is 0 Å². The monoisotopic (exact) mass is 354 g/mol. The lowest BCUT2D eigenvalue weighted by Gasteiger charge is -2.01. The van der Waals surface area contributed by atoms with Gasteiger partial charge in [-0.15, -0.1) is 0 Å². The van der Waals surface area contributed by atoms with Gasteiger partial charge in [-0.05, 0) is 17.5 Å². The van der Waals surface area contributed by atoms with Gasteiger partial charge in [0.05, 0.1) is 0 Å². The Labute approximate surface area is 153 Å². The van der Waals surface area contributed by atoms with Gasteiger partial charge in [0.15, 0.2) is 24.8 Å². The third kappa shape index (κ3) is 7.81. The largest absolute Gasteiger partial charge is 1.00 e. The van der Waals surface area contributed by atoms with Gasteiger partial charge < -0.3 is 24.8 Å². The fraction of sp³-hybridized carbons (Fsp3) is 0.474. The average molecular weight is 355 g/mol. The van der Waals surface area contributed by atoms with Crippen LogP contribution in [0.5, 0.6) is 0 Å². The van der Waals surface area contributed by atoms with Crippen LogP contribution in [0.3, 0.4) is 0 Å². The predicted molar refractivity (Wildman–Crippen MR) is 86.6 cm³/mol. The molecule has 2 rings (SSSR count). The zero-order chi connectivity index (χ0) is 14.9. The molecular formula is C19H28Cl2N2. The number of halogens is 2. The van der Waals surface area contributed by atoms with Crippen LogP contribution in [0.4, 0.5) is 0 Å². The normalized spacial score (nSPS) is 9.83. The number of pyridine rings is 2. The van der Waals surface area contributed by atoms with E-state index in [0.29, 0.717) is 0 Å². The zero-order valence-electron chi connectivity index (χ0n) is 14.2. The van der Waals surface area contributed by atoms with Crippen molar-refractivity contribution in [2.45, 2.75) is 52.0 Å². The van der Waals surface area contributed by atoms with Crippen LogP contribution < -0.4 is 33.9 Å². The third-order valence-corrected chi connectivity index (χ3v) is 3.97. The molecule has 2 heterocycles. The van der Waals surface area contributed by atoms with E-state index in [1.54, 1.807) is 0 Å². The second-order valence-electron chi connectivity index (χ2n) is 5.84. The Balaban J connectivity index is 0.00000242. The van der Waals surface area contributed by atoms with E-state index in [-0.39, 0.29) is 24.8 Å². The number of aryl methyl sites for hydroxylation is 2. The molecule has 0 fully saturated rings. The Morgan fingerprint density at radius 2 is 1.17 bits per heavy atom. The van der Waals surface area contributed by atoms with E-state index in [4.69, 9.17) is 0 Å². The summed E-state index contributed by atoms with van der Waals surface area (Å²) >= 11 is 0. The maximum atomic E-state index is 2.30. The molecule has 0 saturated heterocycles. The predicted octanol–water partition coefficient (Wildman–Crippen LogP) is -2.17. The highest BCUT2D eigenvalue weighted by Crippen LogP contribution is 2.15. The summed E-state index contributed by atoms with van der Waals surface area (Å²) in [6.45, 7) is 3.40. The van der Waals surface area contributed by atoms with Gasteiger partial charge in [-0.1, -0.05) is 32.6 Å². The van der Waals surface area contributed by atoms with Gasteiger partial charge in [-0.25, -0.2) is 9.13 Å². The Hall–Kier alpha value is -1.12. The van der Waals surface area contributed by atoms with E-state index in [0.717, 1.165) is 6.54 Å². The molecule has 0 aliphatic heterocycles.